The summed E-state index contributed by atoms with van der Waals surface area (Å²) < 4.78 is 49.8. The van der Waals surface area contributed by atoms with Crippen molar-refractivity contribution in [1.29, 1.82) is 0 Å². The minimum atomic E-state index is -4.38. The van der Waals surface area contributed by atoms with E-state index in [-0.39, 0.29) is 5.89 Å². The van der Waals surface area contributed by atoms with E-state index >= 15 is 0 Å². The third-order valence-corrected chi connectivity index (χ3v) is 5.99. The van der Waals surface area contributed by atoms with Gasteiger partial charge in [-0.25, -0.2) is 9.97 Å². The number of rotatable bonds is 7. The number of fused-ring (bicyclic) bond motifs is 1. The molecule has 0 fully saturated rings. The van der Waals surface area contributed by atoms with Gasteiger partial charge in [-0.15, -0.1) is 11.8 Å². The number of hydrogen-bond donors (Lipinski definition) is 0. The zero-order valence-electron chi connectivity index (χ0n) is 17.6. The van der Waals surface area contributed by atoms with Gasteiger partial charge in [0, 0.05) is 22.4 Å². The molecule has 0 aliphatic carbocycles. The first kappa shape index (κ1) is 22.2. The Bertz CT molecular complexity index is 1220. The van der Waals surface area contributed by atoms with E-state index < -0.39 is 11.7 Å². The average molecular weight is 459 g/mol. The Hall–Kier alpha value is -3.00. The topological polar surface area (TPSA) is 48.2 Å². The van der Waals surface area contributed by atoms with Crippen LogP contribution < -0.4 is 4.74 Å². The smallest absolute Gasteiger partial charge is 0.416 e. The summed E-state index contributed by atoms with van der Waals surface area (Å²) in [4.78, 5) is 9.85. The third-order valence-electron chi connectivity index (χ3n) is 4.95. The lowest BCUT2D eigenvalue weighted by Gasteiger charge is -2.10. The number of oxazole rings is 1. The Kier molecular flexibility index (Phi) is 6.41. The van der Waals surface area contributed by atoms with E-state index in [1.54, 1.807) is 18.0 Å². The summed E-state index contributed by atoms with van der Waals surface area (Å²) in [6.07, 6.45) is -1.86. The molecule has 0 bridgehead atoms. The molecule has 8 heteroatoms. The van der Waals surface area contributed by atoms with Gasteiger partial charge >= 0.3 is 6.18 Å². The zero-order chi connectivity index (χ0) is 22.7. The van der Waals surface area contributed by atoms with Crippen molar-refractivity contribution in [2.75, 3.05) is 6.61 Å². The van der Waals surface area contributed by atoms with Crippen LogP contribution in [0.2, 0.25) is 0 Å². The predicted molar refractivity (Wildman–Crippen MR) is 119 cm³/mol. The maximum atomic E-state index is 12.8. The van der Waals surface area contributed by atoms with Crippen LogP contribution in [0, 0.1) is 0 Å². The highest BCUT2D eigenvalue weighted by Crippen LogP contribution is 2.33. The summed E-state index contributed by atoms with van der Waals surface area (Å²) in [5, 5.41) is 0. The van der Waals surface area contributed by atoms with E-state index in [0.717, 1.165) is 40.3 Å². The van der Waals surface area contributed by atoms with Crippen molar-refractivity contribution in [3.63, 3.8) is 0 Å². The Labute approximate surface area is 187 Å². The number of hydrogen-bond acceptors (Lipinski definition) is 5. The number of benzene rings is 2. The second kappa shape index (κ2) is 9.24. The average Bonchev–Trinajstić information content (AvgIpc) is 3.23. The lowest BCUT2D eigenvalue weighted by molar-refractivity contribution is -0.137. The Morgan fingerprint density at radius 2 is 1.78 bits per heavy atom. The number of nitrogens with zero attached hydrogens (tertiary/aromatic N) is 2. The number of aryl methyl sites for hydroxylation is 1. The van der Waals surface area contributed by atoms with Crippen LogP contribution in [-0.4, -0.2) is 16.6 Å². The maximum Gasteiger partial charge on any atom is 0.416 e. The van der Waals surface area contributed by atoms with Gasteiger partial charge in [0.2, 0.25) is 11.6 Å². The van der Waals surface area contributed by atoms with Crippen LogP contribution in [0.4, 0.5) is 13.2 Å². The van der Waals surface area contributed by atoms with Crippen LogP contribution in [0.1, 0.15) is 30.5 Å². The van der Waals surface area contributed by atoms with Crippen molar-refractivity contribution in [3.05, 3.63) is 71.4 Å². The van der Waals surface area contributed by atoms with E-state index in [2.05, 4.69) is 23.0 Å². The highest BCUT2D eigenvalue weighted by Gasteiger charge is 2.30. The number of pyridine rings is 1. The molecule has 0 unspecified atom stereocenters. The first-order valence-electron chi connectivity index (χ1n) is 10.2. The van der Waals surface area contributed by atoms with Gasteiger partial charge in [-0.2, -0.15) is 13.2 Å². The number of aromatic nitrogens is 2. The lowest BCUT2D eigenvalue weighted by Crippen LogP contribution is -2.03. The van der Waals surface area contributed by atoms with Crippen molar-refractivity contribution in [2.24, 2.45) is 0 Å². The summed E-state index contributed by atoms with van der Waals surface area (Å²) in [7, 11) is 0. The number of alkyl halides is 3. The summed E-state index contributed by atoms with van der Waals surface area (Å²) in [5.74, 6) is 1.80. The molecule has 4 aromatic rings. The molecule has 2 heterocycles. The van der Waals surface area contributed by atoms with E-state index in [1.807, 2.05) is 25.1 Å². The Balaban J connectivity index is 1.56. The van der Waals surface area contributed by atoms with Crippen LogP contribution in [0.25, 0.3) is 22.7 Å². The van der Waals surface area contributed by atoms with Gasteiger partial charge in [0.05, 0.1) is 12.2 Å². The number of ether oxygens (including phenoxy) is 1. The van der Waals surface area contributed by atoms with Crippen molar-refractivity contribution in [3.8, 4) is 17.2 Å². The van der Waals surface area contributed by atoms with Crippen LogP contribution in [-0.2, 0) is 18.3 Å². The standard InChI is InChI=1S/C24H21F3N2O2S/c1-3-15-13-19(9-10-20(15)30-4-2)32-14-17-11-12-28-23-21(17)29-22(31-23)16-5-7-18(8-6-16)24(25,26)27/h5-13H,3-4,14H2,1-2H3. The van der Waals surface area contributed by atoms with Gasteiger partial charge in [0.25, 0.3) is 0 Å². The van der Waals surface area contributed by atoms with Crippen LogP contribution in [0.5, 0.6) is 5.75 Å². The number of halogens is 3. The molecule has 4 nitrogen and oxygen atoms in total. The van der Waals surface area contributed by atoms with Crippen molar-refractivity contribution in [2.45, 2.75) is 37.1 Å². The molecule has 0 saturated heterocycles. The molecule has 166 valence electrons. The molecule has 0 atom stereocenters. The summed E-state index contributed by atoms with van der Waals surface area (Å²) >= 11 is 1.66. The second-order valence-electron chi connectivity index (χ2n) is 7.06. The molecule has 0 saturated carbocycles. The SMILES string of the molecule is CCOc1ccc(SCc2ccnc3oc(-c4ccc(C(F)(F)F)cc4)nc23)cc1CC. The monoisotopic (exact) mass is 458 g/mol. The molecule has 32 heavy (non-hydrogen) atoms. The summed E-state index contributed by atoms with van der Waals surface area (Å²) in [5.41, 5.74) is 2.81. The first-order chi connectivity index (χ1) is 15.4. The fourth-order valence-corrected chi connectivity index (χ4v) is 4.25. The maximum absolute atomic E-state index is 12.8. The molecule has 4 rings (SSSR count). The second-order valence-corrected chi connectivity index (χ2v) is 8.11. The van der Waals surface area contributed by atoms with E-state index in [1.165, 1.54) is 12.1 Å². The summed E-state index contributed by atoms with van der Waals surface area (Å²) in [6, 6.07) is 12.8. The molecular formula is C24H21F3N2O2S. The van der Waals surface area contributed by atoms with Gasteiger partial charge < -0.3 is 9.15 Å². The van der Waals surface area contributed by atoms with Gasteiger partial charge in [0.1, 0.15) is 11.3 Å². The Morgan fingerprint density at radius 3 is 2.47 bits per heavy atom. The molecule has 2 aromatic carbocycles. The molecule has 0 amide bonds. The lowest BCUT2D eigenvalue weighted by atomic mass is 10.1. The first-order valence-corrected chi connectivity index (χ1v) is 11.2. The molecular weight excluding hydrogens is 437 g/mol. The molecule has 0 aliphatic heterocycles. The quantitative estimate of drug-likeness (QED) is 0.275. The van der Waals surface area contributed by atoms with E-state index in [0.29, 0.717) is 29.2 Å². The molecule has 0 spiro atoms. The fraction of sp³-hybridized carbons (Fsp3) is 0.250. The minimum Gasteiger partial charge on any atom is -0.494 e. The van der Waals surface area contributed by atoms with Crippen LogP contribution in [0.3, 0.4) is 0 Å². The van der Waals surface area contributed by atoms with Gasteiger partial charge in [0.15, 0.2) is 0 Å². The highest BCUT2D eigenvalue weighted by molar-refractivity contribution is 7.98. The van der Waals surface area contributed by atoms with Gasteiger partial charge in [-0.1, -0.05) is 6.92 Å². The molecule has 2 aromatic heterocycles. The van der Waals surface area contributed by atoms with Crippen LogP contribution >= 0.6 is 11.8 Å². The number of thioether (sulfide) groups is 1. The van der Waals surface area contributed by atoms with Gasteiger partial charge in [-0.3, -0.25) is 0 Å². The summed E-state index contributed by atoms with van der Waals surface area (Å²) in [6.45, 7) is 4.69. The third kappa shape index (κ3) is 4.75. The van der Waals surface area contributed by atoms with Crippen molar-refractivity contribution < 1.29 is 22.3 Å². The normalized spacial score (nSPS) is 11.8. The Morgan fingerprint density at radius 1 is 1.00 bits per heavy atom. The van der Waals surface area contributed by atoms with Crippen LogP contribution in [0.15, 0.2) is 64.0 Å². The van der Waals surface area contributed by atoms with Crippen molar-refractivity contribution >= 4 is 23.0 Å². The van der Waals surface area contributed by atoms with Gasteiger partial charge in [-0.05, 0) is 73.0 Å². The predicted octanol–water partition coefficient (Wildman–Crippen LogP) is 7.16. The van der Waals surface area contributed by atoms with E-state index in [4.69, 9.17) is 9.15 Å². The molecule has 0 radical (unpaired) electrons. The van der Waals surface area contributed by atoms with Crippen molar-refractivity contribution in [1.82, 2.24) is 9.97 Å². The highest BCUT2D eigenvalue weighted by atomic mass is 32.2. The molecule has 0 aliphatic rings. The molecule has 0 N–H and O–H groups in total. The minimum absolute atomic E-state index is 0.244. The zero-order valence-corrected chi connectivity index (χ0v) is 18.4. The fourth-order valence-electron chi connectivity index (χ4n) is 3.30. The van der Waals surface area contributed by atoms with E-state index in [9.17, 15) is 13.2 Å². The largest absolute Gasteiger partial charge is 0.494 e.